The van der Waals surface area contributed by atoms with Gasteiger partial charge in [0.2, 0.25) is 0 Å². The summed E-state index contributed by atoms with van der Waals surface area (Å²) in [5.74, 6) is 0.479. The fraction of sp³-hybridized carbons (Fsp3) is 0.462. The first-order valence-electron chi connectivity index (χ1n) is 6.62. The molecule has 0 spiro atoms. The van der Waals surface area contributed by atoms with Crippen molar-refractivity contribution in [2.45, 2.75) is 24.9 Å². The summed E-state index contributed by atoms with van der Waals surface area (Å²) in [4.78, 5) is 20.6. The molecule has 0 aromatic carbocycles. The van der Waals surface area contributed by atoms with Crippen LogP contribution >= 0.6 is 0 Å². The fourth-order valence-electron chi connectivity index (χ4n) is 3.20. The van der Waals surface area contributed by atoms with Crippen LogP contribution in [0.4, 0.5) is 0 Å². The van der Waals surface area contributed by atoms with Crippen molar-refractivity contribution in [3.63, 3.8) is 0 Å². The topological polar surface area (TPSA) is 71.3 Å². The van der Waals surface area contributed by atoms with Crippen molar-refractivity contribution in [2.24, 2.45) is 5.92 Å². The average Bonchev–Trinajstić information content (AvgIpc) is 3.13. The van der Waals surface area contributed by atoms with Crippen LogP contribution in [0, 0.1) is 5.92 Å². The van der Waals surface area contributed by atoms with E-state index in [1.807, 2.05) is 6.20 Å². The summed E-state index contributed by atoms with van der Waals surface area (Å²) in [5.41, 5.74) is 1.18. The third-order valence-corrected chi connectivity index (χ3v) is 4.20. The predicted octanol–water partition coefficient (Wildman–Crippen LogP) is 0.209. The number of imidazole rings is 1. The maximum absolute atomic E-state index is 12.2. The van der Waals surface area contributed by atoms with E-state index in [0.29, 0.717) is 17.7 Å². The lowest BCUT2D eigenvalue weighted by molar-refractivity contribution is 0.0920. The summed E-state index contributed by atoms with van der Waals surface area (Å²) >= 11 is 0. The largest absolute Gasteiger partial charge is 0.348 e. The van der Waals surface area contributed by atoms with E-state index < -0.39 is 0 Å². The lowest BCUT2D eigenvalue weighted by Gasteiger charge is -2.23. The number of rotatable bonds is 2. The molecule has 3 heterocycles. The second kappa shape index (κ2) is 4.03. The monoisotopic (exact) mass is 257 g/mol. The van der Waals surface area contributed by atoms with Gasteiger partial charge in [0.05, 0.1) is 0 Å². The number of carbonyl (C=O) groups excluding carboxylic acids is 1. The summed E-state index contributed by atoms with van der Waals surface area (Å²) in [6.45, 7) is 1.02. The number of piperidine rings is 1. The highest BCUT2D eigenvalue weighted by Crippen LogP contribution is 2.31. The van der Waals surface area contributed by atoms with Crippen LogP contribution < -0.4 is 10.6 Å². The Hall–Kier alpha value is -1.95. The molecule has 0 unspecified atom stereocenters. The Kier molecular flexibility index (Phi) is 2.32. The smallest absolute Gasteiger partial charge is 0.270 e. The van der Waals surface area contributed by atoms with Gasteiger partial charge in [-0.1, -0.05) is 0 Å². The summed E-state index contributed by atoms with van der Waals surface area (Å²) in [6, 6.07) is 2.59. The van der Waals surface area contributed by atoms with Gasteiger partial charge in [-0.3, -0.25) is 9.20 Å². The number of carbonyl (C=O) groups is 1. The van der Waals surface area contributed by atoms with Gasteiger partial charge in [0.15, 0.2) is 0 Å². The molecule has 2 aromatic rings. The second-order valence-corrected chi connectivity index (χ2v) is 5.38. The van der Waals surface area contributed by atoms with Crippen LogP contribution in [0.15, 0.2) is 24.8 Å². The third-order valence-electron chi connectivity index (χ3n) is 4.20. The Morgan fingerprint density at radius 3 is 3.16 bits per heavy atom. The molecule has 19 heavy (non-hydrogen) atoms. The first-order chi connectivity index (χ1) is 9.29. The SMILES string of the molecule is O=C(N[C@H]1C[C@@H]2C[C@@H]1CN2)c1cc2nccn2cn1. The van der Waals surface area contributed by atoms with Crippen LogP contribution in [0.2, 0.25) is 0 Å². The standard InChI is InChI=1S/C13H15N5O/c19-13(17-10-4-9-3-8(10)6-15-9)11-5-12-14-1-2-18(12)7-16-11/h1-2,5,7-10,15H,3-4,6H2,(H,17,19)/t8-,9+,10+/m1/s1. The molecule has 2 N–H and O–H groups in total. The maximum atomic E-state index is 12.2. The fourth-order valence-corrected chi connectivity index (χ4v) is 3.20. The van der Waals surface area contributed by atoms with Crippen molar-refractivity contribution in [3.8, 4) is 0 Å². The van der Waals surface area contributed by atoms with E-state index >= 15 is 0 Å². The minimum Gasteiger partial charge on any atom is -0.348 e. The molecule has 6 heteroatoms. The molecule has 2 fully saturated rings. The van der Waals surface area contributed by atoms with Crippen molar-refractivity contribution in [1.29, 1.82) is 0 Å². The lowest BCUT2D eigenvalue weighted by Crippen LogP contribution is -2.44. The molecule has 4 rings (SSSR count). The Morgan fingerprint density at radius 1 is 1.42 bits per heavy atom. The van der Waals surface area contributed by atoms with Gasteiger partial charge in [-0.15, -0.1) is 0 Å². The van der Waals surface area contributed by atoms with E-state index in [1.165, 1.54) is 6.42 Å². The molecule has 6 nitrogen and oxygen atoms in total. The van der Waals surface area contributed by atoms with Gasteiger partial charge in [-0.05, 0) is 18.8 Å². The van der Waals surface area contributed by atoms with Gasteiger partial charge >= 0.3 is 0 Å². The van der Waals surface area contributed by atoms with Crippen LogP contribution in [0.3, 0.4) is 0 Å². The molecule has 1 saturated heterocycles. The van der Waals surface area contributed by atoms with Crippen molar-refractivity contribution in [1.82, 2.24) is 25.0 Å². The Bertz CT molecular complexity index is 637. The number of fused-ring (bicyclic) bond motifs is 3. The van der Waals surface area contributed by atoms with E-state index in [-0.39, 0.29) is 11.9 Å². The number of aromatic nitrogens is 3. The van der Waals surface area contributed by atoms with E-state index in [0.717, 1.165) is 18.6 Å². The van der Waals surface area contributed by atoms with Crippen LogP contribution in [0.1, 0.15) is 23.3 Å². The number of hydrogen-bond donors (Lipinski definition) is 2. The molecule has 1 saturated carbocycles. The number of nitrogens with one attached hydrogen (secondary N) is 2. The van der Waals surface area contributed by atoms with Crippen molar-refractivity contribution in [2.75, 3.05) is 6.54 Å². The van der Waals surface area contributed by atoms with Gasteiger partial charge in [0.1, 0.15) is 17.7 Å². The predicted molar refractivity (Wildman–Crippen MR) is 68.8 cm³/mol. The van der Waals surface area contributed by atoms with Crippen LogP contribution in [0.5, 0.6) is 0 Å². The van der Waals surface area contributed by atoms with Gasteiger partial charge < -0.3 is 10.6 Å². The minimum absolute atomic E-state index is 0.0944. The van der Waals surface area contributed by atoms with Crippen LogP contribution in [0.25, 0.3) is 5.65 Å². The van der Waals surface area contributed by atoms with Gasteiger partial charge in [-0.25, -0.2) is 9.97 Å². The number of hydrogen-bond acceptors (Lipinski definition) is 4. The molecular weight excluding hydrogens is 242 g/mol. The molecule has 1 amide bonds. The average molecular weight is 257 g/mol. The van der Waals surface area contributed by atoms with E-state index in [2.05, 4.69) is 20.6 Å². The molecule has 2 aliphatic rings. The highest BCUT2D eigenvalue weighted by Gasteiger charge is 2.40. The lowest BCUT2D eigenvalue weighted by atomic mass is 10.0. The van der Waals surface area contributed by atoms with Gasteiger partial charge in [0, 0.05) is 37.1 Å². The molecule has 2 aromatic heterocycles. The molecule has 1 aliphatic carbocycles. The maximum Gasteiger partial charge on any atom is 0.270 e. The number of amides is 1. The van der Waals surface area contributed by atoms with Gasteiger partial charge in [0.25, 0.3) is 5.91 Å². The third kappa shape index (κ3) is 1.79. The molecular formula is C13H15N5O. The zero-order valence-corrected chi connectivity index (χ0v) is 10.4. The van der Waals surface area contributed by atoms with E-state index in [4.69, 9.17) is 0 Å². The first-order valence-corrected chi connectivity index (χ1v) is 6.62. The Balaban J connectivity index is 1.53. The molecule has 1 aliphatic heterocycles. The summed E-state index contributed by atoms with van der Waals surface area (Å²) in [5, 5.41) is 6.54. The normalized spacial score (nSPS) is 28.9. The highest BCUT2D eigenvalue weighted by molar-refractivity contribution is 5.93. The molecule has 98 valence electrons. The molecule has 0 radical (unpaired) electrons. The quantitative estimate of drug-likeness (QED) is 0.807. The Morgan fingerprint density at radius 2 is 2.37 bits per heavy atom. The van der Waals surface area contributed by atoms with Crippen molar-refractivity contribution < 1.29 is 4.79 Å². The zero-order valence-electron chi connectivity index (χ0n) is 10.4. The number of nitrogens with zero attached hydrogens (tertiary/aromatic N) is 3. The highest BCUT2D eigenvalue weighted by atomic mass is 16.1. The van der Waals surface area contributed by atoms with Crippen molar-refractivity contribution in [3.05, 3.63) is 30.5 Å². The minimum atomic E-state index is -0.0944. The van der Waals surface area contributed by atoms with E-state index in [9.17, 15) is 4.79 Å². The summed E-state index contributed by atoms with van der Waals surface area (Å²) in [7, 11) is 0. The van der Waals surface area contributed by atoms with Crippen molar-refractivity contribution >= 4 is 11.6 Å². The molecule has 2 bridgehead atoms. The van der Waals surface area contributed by atoms with Crippen LogP contribution in [-0.4, -0.2) is 38.9 Å². The Labute approximate surface area is 110 Å². The summed E-state index contributed by atoms with van der Waals surface area (Å²) < 4.78 is 1.79. The second-order valence-electron chi connectivity index (χ2n) is 5.38. The van der Waals surface area contributed by atoms with E-state index in [1.54, 1.807) is 23.0 Å². The van der Waals surface area contributed by atoms with Gasteiger partial charge in [-0.2, -0.15) is 0 Å². The summed E-state index contributed by atoms with van der Waals surface area (Å²) in [6.07, 6.45) is 7.34. The first kappa shape index (κ1) is 10.9. The molecule has 3 atom stereocenters. The van der Waals surface area contributed by atoms with Crippen LogP contribution in [-0.2, 0) is 0 Å². The zero-order chi connectivity index (χ0) is 12.8.